The van der Waals surface area contributed by atoms with Crippen molar-refractivity contribution in [3.05, 3.63) is 89.7 Å². The number of hydrogen-bond donors (Lipinski definition) is 0. The number of rotatable bonds is 5. The van der Waals surface area contributed by atoms with Crippen molar-refractivity contribution >= 4 is 17.3 Å². The van der Waals surface area contributed by atoms with Crippen molar-refractivity contribution < 1.29 is 9.53 Å². The zero-order valence-corrected chi connectivity index (χ0v) is 16.1. The third-order valence-electron chi connectivity index (χ3n) is 5.10. The molecule has 0 saturated heterocycles. The summed E-state index contributed by atoms with van der Waals surface area (Å²) in [5, 5.41) is 0. The molecule has 1 aliphatic rings. The average Bonchev–Trinajstić information content (AvgIpc) is 2.73. The van der Waals surface area contributed by atoms with E-state index in [0.29, 0.717) is 6.42 Å². The van der Waals surface area contributed by atoms with Crippen molar-refractivity contribution in [2.75, 3.05) is 24.0 Å². The fraction of sp³-hybridized carbons (Fsp3) is 0.217. The van der Waals surface area contributed by atoms with Gasteiger partial charge in [0.2, 0.25) is 5.91 Å². The van der Waals surface area contributed by atoms with Gasteiger partial charge in [0, 0.05) is 50.0 Å². The molecular formula is C23H23N3O2. The second kappa shape index (κ2) is 7.82. The van der Waals surface area contributed by atoms with Gasteiger partial charge in [-0.1, -0.05) is 30.3 Å². The van der Waals surface area contributed by atoms with Crippen LogP contribution in [0.25, 0.3) is 0 Å². The van der Waals surface area contributed by atoms with Crippen LogP contribution in [0.3, 0.4) is 0 Å². The van der Waals surface area contributed by atoms with Gasteiger partial charge in [-0.15, -0.1) is 0 Å². The smallest absolute Gasteiger partial charge is 0.233 e. The molecule has 2 aromatic carbocycles. The Hall–Kier alpha value is -3.18. The maximum absolute atomic E-state index is 12.8. The molecule has 0 spiro atoms. The number of amides is 1. The molecule has 5 nitrogen and oxygen atoms in total. The van der Waals surface area contributed by atoms with E-state index in [1.165, 1.54) is 0 Å². The molecule has 2 heterocycles. The number of benzene rings is 2. The summed E-state index contributed by atoms with van der Waals surface area (Å²) in [7, 11) is 3.69. The molecule has 1 amide bonds. The van der Waals surface area contributed by atoms with Gasteiger partial charge in [-0.25, -0.2) is 0 Å². The van der Waals surface area contributed by atoms with Crippen LogP contribution in [0.2, 0.25) is 0 Å². The third kappa shape index (κ3) is 3.49. The molecule has 28 heavy (non-hydrogen) atoms. The molecule has 0 saturated carbocycles. The summed E-state index contributed by atoms with van der Waals surface area (Å²) in [4.78, 5) is 20.9. The summed E-state index contributed by atoms with van der Waals surface area (Å²) < 4.78 is 5.70. The maximum atomic E-state index is 12.8. The highest BCUT2D eigenvalue weighted by atomic mass is 16.5. The number of anilines is 2. The number of nitrogens with zero attached hydrogens (tertiary/aromatic N) is 3. The Morgan fingerprint density at radius 3 is 2.61 bits per heavy atom. The Labute approximate surface area is 165 Å². The van der Waals surface area contributed by atoms with E-state index in [4.69, 9.17) is 4.74 Å². The van der Waals surface area contributed by atoms with Crippen molar-refractivity contribution in [3.63, 3.8) is 0 Å². The van der Waals surface area contributed by atoms with Gasteiger partial charge in [0.15, 0.2) is 6.23 Å². The molecule has 3 aromatic rings. The highest BCUT2D eigenvalue weighted by Gasteiger charge is 2.33. The van der Waals surface area contributed by atoms with Crippen LogP contribution in [0.4, 0.5) is 11.4 Å². The third-order valence-corrected chi connectivity index (χ3v) is 5.10. The quantitative estimate of drug-likeness (QED) is 0.679. The van der Waals surface area contributed by atoms with Gasteiger partial charge in [-0.2, -0.15) is 0 Å². The van der Waals surface area contributed by atoms with Crippen LogP contribution < -0.4 is 9.80 Å². The molecule has 1 aliphatic heterocycles. The molecule has 0 bridgehead atoms. The fourth-order valence-electron chi connectivity index (χ4n) is 3.69. The minimum atomic E-state index is -0.406. The zero-order valence-electron chi connectivity index (χ0n) is 16.1. The lowest BCUT2D eigenvalue weighted by atomic mass is 9.97. The van der Waals surface area contributed by atoms with Gasteiger partial charge in [0.25, 0.3) is 0 Å². The summed E-state index contributed by atoms with van der Waals surface area (Å²) >= 11 is 0. The maximum Gasteiger partial charge on any atom is 0.233 e. The standard InChI is InChI=1S/C23H23N3O2/c1-25(16-17-6-5-13-24-15-17)19-9-11-20(12-10-19)26-22(27)14-18-7-3-4-8-21(18)23(26)28-2/h3-13,15,23H,14,16H2,1-2H3. The number of hydrogen-bond acceptors (Lipinski definition) is 4. The van der Waals surface area contributed by atoms with Crippen LogP contribution >= 0.6 is 0 Å². The van der Waals surface area contributed by atoms with E-state index in [9.17, 15) is 4.79 Å². The summed E-state index contributed by atoms with van der Waals surface area (Å²) in [5.41, 5.74) is 5.14. The van der Waals surface area contributed by atoms with Crippen LogP contribution in [0.1, 0.15) is 22.9 Å². The number of carbonyl (C=O) groups excluding carboxylic acids is 1. The highest BCUT2D eigenvalue weighted by molar-refractivity contribution is 5.97. The molecule has 5 heteroatoms. The Morgan fingerprint density at radius 1 is 1.11 bits per heavy atom. The van der Waals surface area contributed by atoms with Crippen molar-refractivity contribution in [1.82, 2.24) is 4.98 Å². The minimum absolute atomic E-state index is 0.0435. The number of pyridine rings is 1. The Kier molecular flexibility index (Phi) is 5.08. The summed E-state index contributed by atoms with van der Waals surface area (Å²) in [6.07, 6.45) is 3.63. The predicted molar refractivity (Wildman–Crippen MR) is 110 cm³/mol. The second-order valence-corrected chi connectivity index (χ2v) is 6.96. The number of ether oxygens (including phenoxy) is 1. The minimum Gasteiger partial charge on any atom is -0.370 e. The van der Waals surface area contributed by atoms with E-state index < -0.39 is 6.23 Å². The normalized spacial score (nSPS) is 16.0. The Balaban J connectivity index is 1.57. The van der Waals surface area contributed by atoms with E-state index >= 15 is 0 Å². The van der Waals surface area contributed by atoms with Gasteiger partial charge < -0.3 is 9.64 Å². The van der Waals surface area contributed by atoms with Crippen LogP contribution in [0.15, 0.2) is 73.1 Å². The Morgan fingerprint density at radius 2 is 1.89 bits per heavy atom. The second-order valence-electron chi connectivity index (χ2n) is 6.96. The van der Waals surface area contributed by atoms with Crippen molar-refractivity contribution in [1.29, 1.82) is 0 Å². The van der Waals surface area contributed by atoms with Crippen molar-refractivity contribution in [3.8, 4) is 0 Å². The van der Waals surface area contributed by atoms with Crippen molar-refractivity contribution in [2.24, 2.45) is 0 Å². The molecule has 0 radical (unpaired) electrons. The summed E-state index contributed by atoms with van der Waals surface area (Å²) in [5.74, 6) is 0.0435. The molecule has 4 rings (SSSR count). The van der Waals surface area contributed by atoms with Gasteiger partial charge in [0.05, 0.1) is 6.42 Å². The molecule has 0 fully saturated rings. The van der Waals surface area contributed by atoms with Crippen LogP contribution in [-0.4, -0.2) is 25.0 Å². The van der Waals surface area contributed by atoms with E-state index in [-0.39, 0.29) is 5.91 Å². The fourth-order valence-corrected chi connectivity index (χ4v) is 3.69. The molecule has 0 N–H and O–H groups in total. The summed E-state index contributed by atoms with van der Waals surface area (Å²) in [6, 6.07) is 20.0. The lowest BCUT2D eigenvalue weighted by Crippen LogP contribution is -2.41. The molecule has 0 aliphatic carbocycles. The first kappa shape index (κ1) is 18.2. The number of aromatic nitrogens is 1. The molecular weight excluding hydrogens is 350 g/mol. The first-order valence-electron chi connectivity index (χ1n) is 9.30. The van der Waals surface area contributed by atoms with Crippen LogP contribution in [-0.2, 0) is 22.5 Å². The topological polar surface area (TPSA) is 45.7 Å². The molecule has 1 unspecified atom stereocenters. The van der Waals surface area contributed by atoms with E-state index in [0.717, 1.165) is 34.6 Å². The Bertz CT molecular complexity index is 957. The average molecular weight is 373 g/mol. The van der Waals surface area contributed by atoms with Gasteiger partial charge in [0.1, 0.15) is 0 Å². The van der Waals surface area contributed by atoms with E-state index in [1.807, 2.05) is 67.8 Å². The largest absolute Gasteiger partial charge is 0.370 e. The lowest BCUT2D eigenvalue weighted by Gasteiger charge is -2.36. The first-order valence-corrected chi connectivity index (χ1v) is 9.30. The lowest BCUT2D eigenvalue weighted by molar-refractivity contribution is -0.121. The monoisotopic (exact) mass is 373 g/mol. The van der Waals surface area contributed by atoms with Gasteiger partial charge >= 0.3 is 0 Å². The van der Waals surface area contributed by atoms with E-state index in [2.05, 4.69) is 16.0 Å². The van der Waals surface area contributed by atoms with Gasteiger partial charge in [-0.3, -0.25) is 14.7 Å². The van der Waals surface area contributed by atoms with Crippen molar-refractivity contribution in [2.45, 2.75) is 19.2 Å². The number of carbonyl (C=O) groups is 1. The molecule has 1 atom stereocenters. The van der Waals surface area contributed by atoms with Crippen LogP contribution in [0.5, 0.6) is 0 Å². The molecule has 142 valence electrons. The van der Waals surface area contributed by atoms with Gasteiger partial charge in [-0.05, 0) is 41.5 Å². The highest BCUT2D eigenvalue weighted by Crippen LogP contribution is 2.35. The molecule has 1 aromatic heterocycles. The number of methoxy groups -OCH3 is 1. The first-order chi connectivity index (χ1) is 13.7. The van der Waals surface area contributed by atoms with E-state index in [1.54, 1.807) is 18.2 Å². The SMILES string of the molecule is COC1c2ccccc2CC(=O)N1c1ccc(N(C)Cc2cccnc2)cc1. The summed E-state index contributed by atoms with van der Waals surface area (Å²) in [6.45, 7) is 0.768. The zero-order chi connectivity index (χ0) is 19.5. The number of fused-ring (bicyclic) bond motifs is 1. The van der Waals surface area contributed by atoms with Crippen LogP contribution in [0, 0.1) is 0 Å². The predicted octanol–water partition coefficient (Wildman–Crippen LogP) is 3.95.